The quantitative estimate of drug-likeness (QED) is 0.232. The third-order valence-electron chi connectivity index (χ3n) is 6.53. The second kappa shape index (κ2) is 6.32. The highest BCUT2D eigenvalue weighted by Gasteiger charge is 2.17. The Bertz CT molecular complexity index is 1320. The molecule has 30 heavy (non-hydrogen) atoms. The van der Waals surface area contributed by atoms with Crippen molar-refractivity contribution in [3.05, 3.63) is 83.9 Å². The van der Waals surface area contributed by atoms with Gasteiger partial charge in [-0.25, -0.2) is 0 Å². The molecule has 150 valence electrons. The van der Waals surface area contributed by atoms with E-state index in [2.05, 4.69) is 114 Å². The van der Waals surface area contributed by atoms with Crippen molar-refractivity contribution in [2.45, 2.75) is 52.4 Å². The highest BCUT2D eigenvalue weighted by molar-refractivity contribution is 6.27. The topological polar surface area (TPSA) is 0 Å². The zero-order valence-corrected chi connectivity index (χ0v) is 18.9. The molecule has 0 atom stereocenters. The predicted molar refractivity (Wildman–Crippen MR) is 134 cm³/mol. The van der Waals surface area contributed by atoms with E-state index in [0.29, 0.717) is 0 Å². The lowest BCUT2D eigenvalue weighted by molar-refractivity contribution is 0.591. The molecule has 0 fully saturated rings. The van der Waals surface area contributed by atoms with Crippen LogP contribution in [-0.2, 0) is 10.8 Å². The Morgan fingerprint density at radius 3 is 1.07 bits per heavy atom. The molecule has 0 heteroatoms. The van der Waals surface area contributed by atoms with Crippen LogP contribution >= 0.6 is 0 Å². The van der Waals surface area contributed by atoms with Crippen LogP contribution in [0.25, 0.3) is 43.1 Å². The molecule has 5 rings (SSSR count). The van der Waals surface area contributed by atoms with E-state index in [1.807, 2.05) is 0 Å². The van der Waals surface area contributed by atoms with Crippen LogP contribution in [0.1, 0.15) is 52.7 Å². The molecule has 0 radical (unpaired) electrons. The van der Waals surface area contributed by atoms with Crippen LogP contribution in [0.4, 0.5) is 0 Å². The summed E-state index contributed by atoms with van der Waals surface area (Å²) in [4.78, 5) is 0. The summed E-state index contributed by atoms with van der Waals surface area (Å²) in [6, 6.07) is 27.7. The third kappa shape index (κ3) is 2.98. The number of fused-ring (bicyclic) bond motifs is 7. The van der Waals surface area contributed by atoms with Gasteiger partial charge in [-0.05, 0) is 65.0 Å². The molecule has 0 saturated carbocycles. The van der Waals surface area contributed by atoms with E-state index >= 15 is 0 Å². The fourth-order valence-corrected chi connectivity index (χ4v) is 4.64. The summed E-state index contributed by atoms with van der Waals surface area (Å²) in [5.41, 5.74) is 3.07. The Morgan fingerprint density at radius 2 is 0.733 bits per heavy atom. The zero-order valence-electron chi connectivity index (χ0n) is 18.9. The van der Waals surface area contributed by atoms with E-state index in [1.165, 1.54) is 54.2 Å². The molecule has 0 aliphatic heterocycles. The van der Waals surface area contributed by atoms with Crippen LogP contribution in [0.3, 0.4) is 0 Å². The van der Waals surface area contributed by atoms with Crippen molar-refractivity contribution in [2.75, 3.05) is 0 Å². The van der Waals surface area contributed by atoms with Crippen LogP contribution in [0, 0.1) is 0 Å². The van der Waals surface area contributed by atoms with Gasteiger partial charge in [0.1, 0.15) is 0 Å². The molecular weight excluding hydrogens is 360 g/mol. The van der Waals surface area contributed by atoms with Crippen molar-refractivity contribution in [3.8, 4) is 0 Å². The van der Waals surface area contributed by atoms with Gasteiger partial charge < -0.3 is 0 Å². The summed E-state index contributed by atoms with van der Waals surface area (Å²) < 4.78 is 0. The van der Waals surface area contributed by atoms with Crippen LogP contribution in [-0.4, -0.2) is 0 Å². The van der Waals surface area contributed by atoms with Crippen LogP contribution in [0.15, 0.2) is 72.8 Å². The average molecular weight is 391 g/mol. The zero-order chi connectivity index (χ0) is 21.3. The predicted octanol–water partition coefficient (Wildman–Crippen LogP) is 8.89. The summed E-state index contributed by atoms with van der Waals surface area (Å²) >= 11 is 0. The van der Waals surface area contributed by atoms with Gasteiger partial charge in [-0.3, -0.25) is 0 Å². The van der Waals surface area contributed by atoms with Crippen molar-refractivity contribution in [2.24, 2.45) is 0 Å². The fraction of sp³-hybridized carbons (Fsp3) is 0.267. The summed E-state index contributed by atoms with van der Waals surface area (Å²) in [7, 11) is 0. The van der Waals surface area contributed by atoms with E-state index in [-0.39, 0.29) is 10.8 Å². The maximum absolute atomic E-state index is 2.37. The first-order chi connectivity index (χ1) is 14.1. The van der Waals surface area contributed by atoms with Crippen molar-refractivity contribution < 1.29 is 0 Å². The Labute approximate surface area is 179 Å². The SMILES string of the molecule is CC(C)(C)c1ccc2c(ccc3ccc4ccc5cc(C(C)(C)C)ccc5c4c32)c1. The van der Waals surface area contributed by atoms with E-state index in [4.69, 9.17) is 0 Å². The van der Waals surface area contributed by atoms with Gasteiger partial charge >= 0.3 is 0 Å². The lowest BCUT2D eigenvalue weighted by Crippen LogP contribution is -2.10. The molecule has 0 N–H and O–H groups in total. The summed E-state index contributed by atoms with van der Waals surface area (Å²) in [5, 5.41) is 10.7. The molecule has 0 unspecified atom stereocenters. The van der Waals surface area contributed by atoms with Gasteiger partial charge in [0.25, 0.3) is 0 Å². The van der Waals surface area contributed by atoms with E-state index < -0.39 is 0 Å². The first kappa shape index (κ1) is 19.1. The van der Waals surface area contributed by atoms with Crippen molar-refractivity contribution in [3.63, 3.8) is 0 Å². The largest absolute Gasteiger partial charge is 0.0578 e. The fourth-order valence-electron chi connectivity index (χ4n) is 4.64. The maximum Gasteiger partial charge on any atom is -0.00206 e. The van der Waals surface area contributed by atoms with Gasteiger partial charge in [-0.2, -0.15) is 0 Å². The number of hydrogen-bond acceptors (Lipinski definition) is 0. The molecular formula is C30H30. The molecule has 0 bridgehead atoms. The molecule has 0 aliphatic carbocycles. The highest BCUT2D eigenvalue weighted by atomic mass is 14.2. The first-order valence-corrected chi connectivity index (χ1v) is 11.0. The smallest absolute Gasteiger partial charge is 0.00206 e. The normalized spacial score (nSPS) is 13.0. The number of benzene rings is 5. The first-order valence-electron chi connectivity index (χ1n) is 11.0. The van der Waals surface area contributed by atoms with Gasteiger partial charge in [0.2, 0.25) is 0 Å². The Balaban J connectivity index is 1.92. The standard InChI is InChI=1S/C30H30/c1-29(2,3)23-13-15-25-21(17-23)11-9-19-7-8-20-10-12-22-18-24(30(4,5)6)14-16-26(22)28(20)27(19)25/h7-18H,1-6H3. The van der Waals surface area contributed by atoms with Gasteiger partial charge in [-0.1, -0.05) is 114 Å². The molecule has 0 nitrogen and oxygen atoms in total. The summed E-state index contributed by atoms with van der Waals surface area (Å²) in [6.07, 6.45) is 0. The highest BCUT2D eigenvalue weighted by Crippen LogP contribution is 2.38. The molecule has 0 amide bonds. The van der Waals surface area contributed by atoms with E-state index in [0.717, 1.165) is 0 Å². The lowest BCUT2D eigenvalue weighted by atomic mass is 9.84. The second-order valence-corrected chi connectivity index (χ2v) is 10.8. The maximum atomic E-state index is 2.37. The van der Waals surface area contributed by atoms with Crippen molar-refractivity contribution in [1.82, 2.24) is 0 Å². The van der Waals surface area contributed by atoms with Crippen LogP contribution in [0.5, 0.6) is 0 Å². The van der Waals surface area contributed by atoms with Gasteiger partial charge in [0.05, 0.1) is 0 Å². The van der Waals surface area contributed by atoms with Crippen molar-refractivity contribution >= 4 is 43.1 Å². The lowest BCUT2D eigenvalue weighted by Gasteiger charge is -2.21. The van der Waals surface area contributed by atoms with E-state index in [9.17, 15) is 0 Å². The molecule has 0 spiro atoms. The van der Waals surface area contributed by atoms with Crippen LogP contribution in [0.2, 0.25) is 0 Å². The van der Waals surface area contributed by atoms with Gasteiger partial charge in [0.15, 0.2) is 0 Å². The number of rotatable bonds is 0. The monoisotopic (exact) mass is 390 g/mol. The molecule has 0 saturated heterocycles. The number of hydrogen-bond donors (Lipinski definition) is 0. The minimum absolute atomic E-state index is 0.151. The van der Waals surface area contributed by atoms with Crippen LogP contribution < -0.4 is 0 Å². The Morgan fingerprint density at radius 1 is 0.400 bits per heavy atom. The van der Waals surface area contributed by atoms with E-state index in [1.54, 1.807) is 0 Å². The molecule has 5 aromatic carbocycles. The van der Waals surface area contributed by atoms with Crippen molar-refractivity contribution in [1.29, 1.82) is 0 Å². The Kier molecular flexibility index (Phi) is 4.03. The molecule has 5 aromatic rings. The average Bonchev–Trinajstić information content (AvgIpc) is 2.70. The Hall–Kier alpha value is -2.86. The molecule has 0 heterocycles. The minimum atomic E-state index is 0.151. The molecule has 0 aliphatic rings. The van der Waals surface area contributed by atoms with Gasteiger partial charge in [-0.15, -0.1) is 0 Å². The summed E-state index contributed by atoms with van der Waals surface area (Å²) in [6.45, 7) is 13.7. The third-order valence-corrected chi connectivity index (χ3v) is 6.53. The second-order valence-electron chi connectivity index (χ2n) is 10.8. The van der Waals surface area contributed by atoms with Gasteiger partial charge in [0, 0.05) is 0 Å². The molecule has 0 aromatic heterocycles. The summed E-state index contributed by atoms with van der Waals surface area (Å²) in [5.74, 6) is 0. The minimum Gasteiger partial charge on any atom is -0.0578 e.